The third kappa shape index (κ3) is 4.42. The van der Waals surface area contributed by atoms with Crippen LogP contribution in [0.3, 0.4) is 0 Å². The average Bonchev–Trinajstić information content (AvgIpc) is 3.35. The van der Waals surface area contributed by atoms with Crippen LogP contribution in [0, 0.1) is 0 Å². The van der Waals surface area contributed by atoms with Gasteiger partial charge in [-0.1, -0.05) is 24.4 Å². The van der Waals surface area contributed by atoms with Gasteiger partial charge in [0, 0.05) is 17.5 Å². The van der Waals surface area contributed by atoms with Gasteiger partial charge in [0.2, 0.25) is 0 Å². The molecular formula is C19H20FN5OS2. The molecule has 28 heavy (non-hydrogen) atoms. The van der Waals surface area contributed by atoms with Crippen LogP contribution in [0.4, 0.5) is 4.39 Å². The Balaban J connectivity index is 1.75. The van der Waals surface area contributed by atoms with Gasteiger partial charge in [-0.2, -0.15) is 5.10 Å². The molecule has 0 fully saturated rings. The Morgan fingerprint density at radius 3 is 3.04 bits per heavy atom. The second kappa shape index (κ2) is 8.57. The lowest BCUT2D eigenvalue weighted by Gasteiger charge is -2.30. The Kier molecular flexibility index (Phi) is 6.15. The number of H-pyrrole nitrogens is 1. The van der Waals surface area contributed by atoms with E-state index in [4.69, 9.17) is 5.73 Å². The Morgan fingerprint density at radius 2 is 2.36 bits per heavy atom. The summed E-state index contributed by atoms with van der Waals surface area (Å²) in [6.45, 7) is 5.30. The third-order valence-electron chi connectivity index (χ3n) is 4.27. The summed E-state index contributed by atoms with van der Waals surface area (Å²) in [6, 6.07) is 5.52. The molecule has 1 atom stereocenters. The van der Waals surface area contributed by atoms with E-state index in [0.717, 1.165) is 22.4 Å². The topological polar surface area (TPSA) is 96.2 Å². The number of hydrogen-bond acceptors (Lipinski definition) is 6. The van der Waals surface area contributed by atoms with E-state index in [2.05, 4.69) is 27.1 Å². The van der Waals surface area contributed by atoms with Crippen LogP contribution in [-0.4, -0.2) is 32.6 Å². The molecule has 9 heteroatoms. The number of amidine groups is 1. The molecule has 0 aliphatic carbocycles. The zero-order chi connectivity index (χ0) is 20.1. The lowest BCUT2D eigenvalue weighted by molar-refractivity contribution is 0.0965. The number of aromatic amines is 1. The van der Waals surface area contributed by atoms with Crippen LogP contribution in [0.25, 0.3) is 10.6 Å². The van der Waals surface area contributed by atoms with Crippen LogP contribution in [-0.2, 0) is 0 Å². The first kappa shape index (κ1) is 20.1. The number of carbonyl (C=O) groups is 1. The first-order chi connectivity index (χ1) is 13.4. The molecule has 1 aliphatic rings. The van der Waals surface area contributed by atoms with Crippen LogP contribution >= 0.6 is 23.1 Å². The normalized spacial score (nSPS) is 20.6. The van der Waals surface area contributed by atoms with E-state index in [1.165, 1.54) is 24.0 Å². The highest BCUT2D eigenvalue weighted by Crippen LogP contribution is 2.35. The van der Waals surface area contributed by atoms with Gasteiger partial charge < -0.3 is 11.1 Å². The molecule has 0 saturated carbocycles. The van der Waals surface area contributed by atoms with Crippen molar-refractivity contribution in [2.45, 2.75) is 18.9 Å². The quantitative estimate of drug-likeness (QED) is 0.619. The summed E-state index contributed by atoms with van der Waals surface area (Å²) in [7, 11) is 0. The molecule has 1 amide bonds. The summed E-state index contributed by atoms with van der Waals surface area (Å²) in [4.78, 5) is 17.7. The molecule has 0 bridgehead atoms. The molecule has 0 saturated heterocycles. The highest BCUT2D eigenvalue weighted by molar-refractivity contribution is 8.13. The van der Waals surface area contributed by atoms with E-state index in [-0.39, 0.29) is 5.69 Å². The summed E-state index contributed by atoms with van der Waals surface area (Å²) in [5.41, 5.74) is 6.33. The third-order valence-corrected chi connectivity index (χ3v) is 5.97. The number of amides is 1. The predicted molar refractivity (Wildman–Crippen MR) is 114 cm³/mol. The molecular weight excluding hydrogens is 397 g/mol. The fraction of sp³-hybridized carbons (Fsp3) is 0.211. The highest BCUT2D eigenvalue weighted by atomic mass is 32.2. The van der Waals surface area contributed by atoms with E-state index in [0.29, 0.717) is 17.2 Å². The first-order valence-corrected chi connectivity index (χ1v) is 10.4. The van der Waals surface area contributed by atoms with Gasteiger partial charge in [0.1, 0.15) is 5.83 Å². The standard InChI is InChI=1S/C19H20FN5OS2/c1-3-13(20)12(19(2)7-10-28-18(21)23-19)6-8-22-17(26)15-11-14(24-25-15)16-5-4-9-27-16/h3-6,8-9,11H,1,7,10H2,2H3,(H2,21,23)(H,22,26)(H,24,25)/b8-6+,13-12-. The number of nitrogens with two attached hydrogens (primary N) is 1. The zero-order valence-corrected chi connectivity index (χ0v) is 16.9. The Bertz CT molecular complexity index is 961. The van der Waals surface area contributed by atoms with Crippen molar-refractivity contribution < 1.29 is 9.18 Å². The molecule has 0 aromatic carbocycles. The van der Waals surface area contributed by atoms with Crippen LogP contribution in [0.2, 0.25) is 0 Å². The second-order valence-electron chi connectivity index (χ2n) is 6.24. The minimum absolute atomic E-state index is 0.241. The van der Waals surface area contributed by atoms with Crippen molar-refractivity contribution >= 4 is 34.2 Å². The van der Waals surface area contributed by atoms with E-state index in [1.54, 1.807) is 17.4 Å². The van der Waals surface area contributed by atoms with Gasteiger partial charge in [-0.25, -0.2) is 4.39 Å². The van der Waals surface area contributed by atoms with Crippen molar-refractivity contribution in [3.05, 3.63) is 65.6 Å². The minimum atomic E-state index is -0.812. The summed E-state index contributed by atoms with van der Waals surface area (Å²) >= 11 is 2.98. The number of hydrogen-bond donors (Lipinski definition) is 3. The molecule has 2 aromatic heterocycles. The van der Waals surface area contributed by atoms with Crippen molar-refractivity contribution in [3.8, 4) is 10.6 Å². The highest BCUT2D eigenvalue weighted by Gasteiger charge is 2.32. The number of rotatable bonds is 6. The number of nitrogens with zero attached hydrogens (tertiary/aromatic N) is 2. The van der Waals surface area contributed by atoms with Crippen LogP contribution in [0.5, 0.6) is 0 Å². The van der Waals surface area contributed by atoms with Crippen LogP contribution in [0.1, 0.15) is 23.8 Å². The lowest BCUT2D eigenvalue weighted by Crippen LogP contribution is -2.33. The van der Waals surface area contributed by atoms with Gasteiger partial charge >= 0.3 is 0 Å². The van der Waals surface area contributed by atoms with Gasteiger partial charge in [-0.15, -0.1) is 11.3 Å². The molecule has 0 radical (unpaired) electrons. The van der Waals surface area contributed by atoms with Crippen molar-refractivity contribution in [2.24, 2.45) is 10.7 Å². The van der Waals surface area contributed by atoms with Crippen LogP contribution < -0.4 is 11.1 Å². The molecule has 6 nitrogen and oxygen atoms in total. The monoisotopic (exact) mass is 417 g/mol. The molecule has 3 heterocycles. The number of carbonyl (C=O) groups excluding carboxylic acids is 1. The van der Waals surface area contributed by atoms with E-state index in [9.17, 15) is 9.18 Å². The van der Waals surface area contributed by atoms with E-state index in [1.807, 2.05) is 24.4 Å². The SMILES string of the molecule is C=C/C(F)=C(\C=C\NC(=O)c1cc(-c2cccs2)[nH]n1)C1(C)CCSC(N)=N1. The number of aromatic nitrogens is 2. The number of allylic oxidation sites excluding steroid dienone is 2. The smallest absolute Gasteiger partial charge is 0.275 e. The number of halogens is 1. The van der Waals surface area contributed by atoms with Gasteiger partial charge in [0.05, 0.1) is 16.1 Å². The molecule has 1 aliphatic heterocycles. The van der Waals surface area contributed by atoms with Crippen molar-refractivity contribution in [2.75, 3.05) is 5.75 Å². The Morgan fingerprint density at radius 1 is 1.54 bits per heavy atom. The summed E-state index contributed by atoms with van der Waals surface area (Å²) in [6.07, 6.45) is 4.63. The number of thioether (sulfide) groups is 1. The van der Waals surface area contributed by atoms with Crippen LogP contribution in [0.15, 0.2) is 64.9 Å². The fourth-order valence-corrected chi connectivity index (χ4v) is 4.44. The zero-order valence-electron chi connectivity index (χ0n) is 15.2. The summed E-state index contributed by atoms with van der Waals surface area (Å²) in [5.74, 6) is -0.170. The molecule has 1 unspecified atom stereocenters. The number of aliphatic imine (C=N–C) groups is 1. The van der Waals surface area contributed by atoms with Gasteiger partial charge in [0.25, 0.3) is 5.91 Å². The van der Waals surface area contributed by atoms with Crippen molar-refractivity contribution in [1.82, 2.24) is 15.5 Å². The predicted octanol–water partition coefficient (Wildman–Crippen LogP) is 4.00. The maximum atomic E-state index is 14.4. The van der Waals surface area contributed by atoms with E-state index >= 15 is 0 Å². The molecule has 2 aromatic rings. The maximum Gasteiger partial charge on any atom is 0.275 e. The van der Waals surface area contributed by atoms with Crippen molar-refractivity contribution in [1.29, 1.82) is 0 Å². The first-order valence-electron chi connectivity index (χ1n) is 8.50. The average molecular weight is 418 g/mol. The fourth-order valence-electron chi connectivity index (χ4n) is 2.78. The molecule has 4 N–H and O–H groups in total. The van der Waals surface area contributed by atoms with Gasteiger partial charge in [-0.05, 0) is 43.0 Å². The lowest BCUT2D eigenvalue weighted by atomic mass is 9.88. The van der Waals surface area contributed by atoms with Crippen molar-refractivity contribution in [3.63, 3.8) is 0 Å². The van der Waals surface area contributed by atoms with Gasteiger partial charge in [0.15, 0.2) is 10.9 Å². The second-order valence-corrected chi connectivity index (χ2v) is 8.30. The largest absolute Gasteiger partial charge is 0.379 e. The minimum Gasteiger partial charge on any atom is -0.379 e. The Hall–Kier alpha value is -2.65. The number of nitrogens with one attached hydrogen (secondary N) is 2. The number of thiophene rings is 1. The molecule has 0 spiro atoms. The molecule has 3 rings (SSSR count). The maximum absolute atomic E-state index is 14.4. The van der Waals surface area contributed by atoms with E-state index < -0.39 is 17.3 Å². The van der Waals surface area contributed by atoms with Gasteiger partial charge in [-0.3, -0.25) is 14.9 Å². The Labute approximate surface area is 170 Å². The summed E-state index contributed by atoms with van der Waals surface area (Å²) < 4.78 is 14.4. The molecule has 146 valence electrons. The summed E-state index contributed by atoms with van der Waals surface area (Å²) in [5, 5.41) is 11.8.